The van der Waals surface area contributed by atoms with Gasteiger partial charge in [-0.2, -0.15) is 16.8 Å². The molecule has 0 atom stereocenters. The van der Waals surface area contributed by atoms with Crippen LogP contribution < -0.4 is 0 Å². The van der Waals surface area contributed by atoms with Gasteiger partial charge in [-0.05, 0) is 24.3 Å². The van der Waals surface area contributed by atoms with Gasteiger partial charge < -0.3 is 0 Å². The van der Waals surface area contributed by atoms with Crippen LogP contribution in [-0.2, 0) is 20.2 Å². The largest absolute Gasteiger partial charge is 0.296 e. The summed E-state index contributed by atoms with van der Waals surface area (Å²) in [5.41, 5.74) is 0. The van der Waals surface area contributed by atoms with E-state index in [4.69, 9.17) is 9.11 Å². The maximum absolute atomic E-state index is 10.3. The third-order valence-electron chi connectivity index (χ3n) is 1.86. The van der Waals surface area contributed by atoms with E-state index in [1.807, 2.05) is 0 Å². The molecule has 0 saturated carbocycles. The molecule has 0 aliphatic carbocycles. The van der Waals surface area contributed by atoms with E-state index < -0.39 is 20.2 Å². The van der Waals surface area contributed by atoms with Crippen LogP contribution in [-0.4, -0.2) is 35.9 Å². The summed E-state index contributed by atoms with van der Waals surface area (Å²) in [6.45, 7) is 0. The van der Waals surface area contributed by atoms with Crippen LogP contribution in [0.1, 0.15) is 0 Å². The molecule has 0 fully saturated rings. The number of nitrogens with zero attached hydrogens (tertiary/aromatic N) is 2. The average Bonchev–Trinajstić information content (AvgIpc) is 2.40. The van der Waals surface area contributed by atoms with Gasteiger partial charge in [0.2, 0.25) is 0 Å². The molecule has 2 N–H and O–H groups in total. The van der Waals surface area contributed by atoms with E-state index in [1.54, 1.807) is 0 Å². The predicted octanol–water partition coefficient (Wildman–Crippen LogP) is 0.657. The normalized spacial score (nSPS) is 11.3. The quantitative estimate of drug-likeness (QED) is 0.771. The number of rotatable bonds is 2. The first-order valence-corrected chi connectivity index (χ1v) is 7.84. The SMILES string of the molecule is O=S(=O)(O)c1cccnc1.O=S(=O)(O)c1cccnc1. The topological polar surface area (TPSA) is 135 Å². The number of pyridine rings is 2. The van der Waals surface area contributed by atoms with E-state index in [2.05, 4.69) is 9.97 Å². The van der Waals surface area contributed by atoms with Crippen molar-refractivity contribution in [2.75, 3.05) is 0 Å². The van der Waals surface area contributed by atoms with Gasteiger partial charge in [0, 0.05) is 24.8 Å². The fraction of sp³-hybridized carbons (Fsp3) is 0. The maximum Gasteiger partial charge on any atom is 0.296 e. The molecule has 0 aliphatic heterocycles. The molecule has 0 radical (unpaired) electrons. The first-order chi connectivity index (χ1) is 9.21. The lowest BCUT2D eigenvalue weighted by atomic mass is 10.5. The van der Waals surface area contributed by atoms with Gasteiger partial charge in [0.05, 0.1) is 0 Å². The molecule has 0 spiro atoms. The summed E-state index contributed by atoms with van der Waals surface area (Å²) in [4.78, 5) is 6.65. The molecule has 8 nitrogen and oxygen atoms in total. The zero-order valence-electron chi connectivity index (χ0n) is 9.86. The van der Waals surface area contributed by atoms with E-state index in [0.717, 1.165) is 12.4 Å². The summed E-state index contributed by atoms with van der Waals surface area (Å²) >= 11 is 0. The Labute approximate surface area is 115 Å². The highest BCUT2D eigenvalue weighted by molar-refractivity contribution is 7.86. The highest BCUT2D eigenvalue weighted by atomic mass is 32.2. The average molecular weight is 318 g/mol. The Morgan fingerprint density at radius 2 is 1.10 bits per heavy atom. The Hall–Kier alpha value is -1.88. The van der Waals surface area contributed by atoms with Gasteiger partial charge in [-0.1, -0.05) is 0 Å². The highest BCUT2D eigenvalue weighted by Crippen LogP contribution is 2.03. The van der Waals surface area contributed by atoms with Crippen LogP contribution in [0.2, 0.25) is 0 Å². The van der Waals surface area contributed by atoms with Crippen molar-refractivity contribution in [3.63, 3.8) is 0 Å². The Morgan fingerprint density at radius 1 is 0.750 bits per heavy atom. The van der Waals surface area contributed by atoms with Crippen molar-refractivity contribution in [2.45, 2.75) is 9.79 Å². The summed E-state index contributed by atoms with van der Waals surface area (Å²) < 4.78 is 58.2. The summed E-state index contributed by atoms with van der Waals surface area (Å²) in [5, 5.41) is 0. The second-order valence-corrected chi connectivity index (χ2v) is 6.17. The van der Waals surface area contributed by atoms with Crippen molar-refractivity contribution < 1.29 is 25.9 Å². The molecule has 0 saturated heterocycles. The first kappa shape index (κ1) is 16.2. The molecule has 0 aliphatic rings. The van der Waals surface area contributed by atoms with Gasteiger partial charge in [0.25, 0.3) is 20.2 Å². The molecule has 2 heterocycles. The fourth-order valence-electron chi connectivity index (χ4n) is 0.999. The summed E-state index contributed by atoms with van der Waals surface area (Å²) in [5.74, 6) is 0. The van der Waals surface area contributed by atoms with E-state index >= 15 is 0 Å². The second-order valence-electron chi connectivity index (χ2n) is 3.33. The minimum absolute atomic E-state index is 0.185. The lowest BCUT2D eigenvalue weighted by molar-refractivity contribution is 0.480. The van der Waals surface area contributed by atoms with Gasteiger partial charge in [0.15, 0.2) is 0 Å². The van der Waals surface area contributed by atoms with Crippen molar-refractivity contribution in [3.8, 4) is 0 Å². The molecule has 0 unspecified atom stereocenters. The lowest BCUT2D eigenvalue weighted by Gasteiger charge is -1.91. The standard InChI is InChI=1S/2C5H5NO3S/c2*7-10(8,9)5-2-1-3-6-4-5/h2*1-4H,(H,7,8,9). The highest BCUT2D eigenvalue weighted by Gasteiger charge is 2.07. The molecule has 2 aromatic rings. The van der Waals surface area contributed by atoms with Crippen LogP contribution in [0.25, 0.3) is 0 Å². The number of aromatic nitrogens is 2. The molecule has 0 amide bonds. The fourth-order valence-corrected chi connectivity index (χ4v) is 1.89. The number of hydrogen-bond donors (Lipinski definition) is 2. The van der Waals surface area contributed by atoms with Crippen LogP contribution in [0.3, 0.4) is 0 Å². The minimum atomic E-state index is -4.07. The zero-order valence-corrected chi connectivity index (χ0v) is 11.5. The van der Waals surface area contributed by atoms with E-state index in [-0.39, 0.29) is 9.79 Å². The Morgan fingerprint density at radius 3 is 1.25 bits per heavy atom. The third kappa shape index (κ3) is 5.40. The summed E-state index contributed by atoms with van der Waals surface area (Å²) in [7, 11) is -8.13. The smallest absolute Gasteiger partial charge is 0.282 e. The van der Waals surface area contributed by atoms with Crippen LogP contribution in [0, 0.1) is 0 Å². The van der Waals surface area contributed by atoms with E-state index in [1.165, 1.54) is 36.7 Å². The molecule has 0 aromatic carbocycles. The Kier molecular flexibility index (Phi) is 5.27. The molecule has 2 rings (SSSR count). The molecular weight excluding hydrogens is 308 g/mol. The van der Waals surface area contributed by atoms with Crippen molar-refractivity contribution in [2.24, 2.45) is 0 Å². The molecule has 20 heavy (non-hydrogen) atoms. The first-order valence-electron chi connectivity index (χ1n) is 4.96. The third-order valence-corrected chi connectivity index (χ3v) is 3.54. The van der Waals surface area contributed by atoms with Crippen molar-refractivity contribution in [1.29, 1.82) is 0 Å². The minimum Gasteiger partial charge on any atom is -0.282 e. The Bertz CT molecular complexity index is 677. The zero-order chi connectivity index (χ0) is 15.2. The Balaban J connectivity index is 0.000000200. The summed E-state index contributed by atoms with van der Waals surface area (Å²) in [6, 6.07) is 5.40. The summed E-state index contributed by atoms with van der Waals surface area (Å²) in [6.07, 6.45) is 5.01. The van der Waals surface area contributed by atoms with Crippen molar-refractivity contribution in [1.82, 2.24) is 9.97 Å². The van der Waals surface area contributed by atoms with E-state index in [0.29, 0.717) is 0 Å². The molecular formula is C10H10N2O6S2. The van der Waals surface area contributed by atoms with Gasteiger partial charge >= 0.3 is 0 Å². The second kappa shape index (κ2) is 6.52. The molecule has 10 heteroatoms. The van der Waals surface area contributed by atoms with Gasteiger partial charge in [-0.15, -0.1) is 0 Å². The van der Waals surface area contributed by atoms with Crippen molar-refractivity contribution in [3.05, 3.63) is 49.1 Å². The van der Waals surface area contributed by atoms with E-state index in [9.17, 15) is 16.8 Å². The maximum atomic E-state index is 10.3. The molecule has 108 valence electrons. The van der Waals surface area contributed by atoms with Gasteiger partial charge in [-0.3, -0.25) is 19.1 Å². The van der Waals surface area contributed by atoms with Crippen LogP contribution in [0.15, 0.2) is 58.8 Å². The van der Waals surface area contributed by atoms with Gasteiger partial charge in [0.1, 0.15) is 9.79 Å². The monoisotopic (exact) mass is 318 g/mol. The van der Waals surface area contributed by atoms with Crippen LogP contribution in [0.5, 0.6) is 0 Å². The predicted molar refractivity (Wildman–Crippen MR) is 68.1 cm³/mol. The molecule has 2 aromatic heterocycles. The van der Waals surface area contributed by atoms with Gasteiger partial charge in [-0.25, -0.2) is 0 Å². The molecule has 0 bridgehead atoms. The lowest BCUT2D eigenvalue weighted by Crippen LogP contribution is -1.97. The number of hydrogen-bond acceptors (Lipinski definition) is 6. The van der Waals surface area contributed by atoms with Crippen molar-refractivity contribution >= 4 is 20.2 Å². The van der Waals surface area contributed by atoms with Crippen LogP contribution >= 0.6 is 0 Å². The van der Waals surface area contributed by atoms with Crippen LogP contribution in [0.4, 0.5) is 0 Å².